The molecule has 1 aliphatic heterocycles. The van der Waals surface area contributed by atoms with E-state index in [1.165, 1.54) is 0 Å². The van der Waals surface area contributed by atoms with Crippen molar-refractivity contribution in [2.75, 3.05) is 31.6 Å². The molecule has 7 heteroatoms. The second-order valence-electron chi connectivity index (χ2n) is 10.7. The summed E-state index contributed by atoms with van der Waals surface area (Å²) in [6.07, 6.45) is 7.50. The maximum atomic E-state index is 12.3. The molecule has 1 aromatic carbocycles. The van der Waals surface area contributed by atoms with Crippen molar-refractivity contribution in [2.24, 2.45) is 11.7 Å². The summed E-state index contributed by atoms with van der Waals surface area (Å²) in [5, 5.41) is 0. The van der Waals surface area contributed by atoms with Crippen LogP contribution in [-0.4, -0.2) is 47.5 Å². The topological polar surface area (TPSA) is 84.6 Å². The molecule has 2 N–H and O–H groups in total. The third-order valence-electron chi connectivity index (χ3n) is 6.80. The van der Waals surface area contributed by atoms with E-state index in [0.717, 1.165) is 48.5 Å². The van der Waals surface area contributed by atoms with Crippen LogP contribution < -0.4 is 15.4 Å². The van der Waals surface area contributed by atoms with Crippen LogP contribution >= 0.6 is 0 Å². The summed E-state index contributed by atoms with van der Waals surface area (Å²) in [5.74, 6) is 1.42. The van der Waals surface area contributed by atoms with Crippen LogP contribution in [0.4, 0.5) is 11.5 Å². The van der Waals surface area contributed by atoms with Gasteiger partial charge >= 0.3 is 0 Å². The number of rotatable bonds is 8. The highest BCUT2D eigenvalue weighted by Crippen LogP contribution is 2.38. The van der Waals surface area contributed by atoms with Gasteiger partial charge in [0.05, 0.1) is 12.2 Å². The van der Waals surface area contributed by atoms with Crippen LogP contribution in [0.3, 0.4) is 0 Å². The van der Waals surface area contributed by atoms with Gasteiger partial charge in [0.15, 0.2) is 0 Å². The van der Waals surface area contributed by atoms with Gasteiger partial charge in [-0.3, -0.25) is 9.78 Å². The molecule has 190 valence electrons. The first kappa shape index (κ1) is 25.6. The maximum Gasteiger partial charge on any atom is 0.252 e. The molecule has 36 heavy (non-hydrogen) atoms. The molecule has 0 radical (unpaired) electrons. The Bertz CT molecular complexity index is 1170. The molecule has 4 rings (SSSR count). The van der Waals surface area contributed by atoms with Crippen molar-refractivity contribution in [1.82, 2.24) is 14.9 Å². The van der Waals surface area contributed by atoms with Crippen molar-refractivity contribution in [3.8, 4) is 5.75 Å². The molecule has 2 aromatic heterocycles. The third kappa shape index (κ3) is 6.21. The lowest BCUT2D eigenvalue weighted by Gasteiger charge is -2.31. The van der Waals surface area contributed by atoms with Crippen LogP contribution in [0, 0.1) is 5.92 Å². The summed E-state index contributed by atoms with van der Waals surface area (Å²) in [7, 11) is 2.17. The minimum Gasteiger partial charge on any atom is -0.493 e. The quantitative estimate of drug-likeness (QED) is 0.485. The Balaban J connectivity index is 1.73. The summed E-state index contributed by atoms with van der Waals surface area (Å²) in [6, 6.07) is 13.6. The van der Waals surface area contributed by atoms with Crippen molar-refractivity contribution in [3.63, 3.8) is 0 Å². The molecule has 0 saturated carbocycles. The summed E-state index contributed by atoms with van der Waals surface area (Å²) in [5.41, 5.74) is 9.10. The molecule has 3 heterocycles. The van der Waals surface area contributed by atoms with Crippen molar-refractivity contribution in [3.05, 3.63) is 77.7 Å². The molecule has 0 spiro atoms. The van der Waals surface area contributed by atoms with Gasteiger partial charge in [-0.05, 0) is 85.8 Å². The van der Waals surface area contributed by atoms with Gasteiger partial charge < -0.3 is 20.3 Å². The number of hydrogen-bond acceptors (Lipinski definition) is 6. The fourth-order valence-electron chi connectivity index (χ4n) is 4.62. The van der Waals surface area contributed by atoms with Crippen LogP contribution in [0.15, 0.2) is 61.1 Å². The molecule has 1 fully saturated rings. The van der Waals surface area contributed by atoms with Gasteiger partial charge in [0.1, 0.15) is 11.6 Å². The first-order valence-corrected chi connectivity index (χ1v) is 12.6. The highest BCUT2D eigenvalue weighted by atomic mass is 16.5. The minimum absolute atomic E-state index is 0.0834. The Morgan fingerprint density at radius 3 is 2.50 bits per heavy atom. The monoisotopic (exact) mass is 487 g/mol. The molecular formula is C29H37N5O2. The van der Waals surface area contributed by atoms with Gasteiger partial charge in [-0.15, -0.1) is 0 Å². The molecule has 0 atom stereocenters. The summed E-state index contributed by atoms with van der Waals surface area (Å²) < 4.78 is 6.53. The minimum atomic E-state index is -0.511. The van der Waals surface area contributed by atoms with E-state index in [2.05, 4.69) is 60.9 Å². The van der Waals surface area contributed by atoms with Gasteiger partial charge in [0.25, 0.3) is 5.91 Å². The molecule has 0 bridgehead atoms. The first-order valence-electron chi connectivity index (χ1n) is 12.6. The molecule has 1 amide bonds. The second-order valence-corrected chi connectivity index (χ2v) is 10.7. The van der Waals surface area contributed by atoms with E-state index in [4.69, 9.17) is 10.5 Å². The third-order valence-corrected chi connectivity index (χ3v) is 6.80. The predicted molar refractivity (Wildman–Crippen MR) is 144 cm³/mol. The van der Waals surface area contributed by atoms with Gasteiger partial charge in [-0.1, -0.05) is 26.8 Å². The van der Waals surface area contributed by atoms with Gasteiger partial charge in [0, 0.05) is 36.9 Å². The van der Waals surface area contributed by atoms with Gasteiger partial charge in [-0.25, -0.2) is 4.98 Å². The Labute approximate surface area is 214 Å². The lowest BCUT2D eigenvalue weighted by molar-refractivity contribution is 0.100. The number of amides is 1. The highest BCUT2D eigenvalue weighted by Gasteiger charge is 2.25. The fraction of sp³-hybridized carbons (Fsp3) is 0.414. The van der Waals surface area contributed by atoms with E-state index < -0.39 is 5.91 Å². The van der Waals surface area contributed by atoms with E-state index in [-0.39, 0.29) is 5.41 Å². The molecular weight excluding hydrogens is 450 g/mol. The number of pyridine rings is 2. The molecule has 1 saturated heterocycles. The van der Waals surface area contributed by atoms with Crippen LogP contribution in [0.25, 0.3) is 0 Å². The molecule has 3 aromatic rings. The number of ether oxygens (including phenoxy) is 1. The number of piperidine rings is 1. The number of aromatic nitrogens is 2. The van der Waals surface area contributed by atoms with Crippen LogP contribution in [0.1, 0.15) is 55.1 Å². The standard InChI is InChI=1S/C29H37N5O2/c1-29(2,3)25-8-7-23(18-26(25)36-20-22-11-16-33(4)17-12-22)34(19-21-9-14-31-15-10-21)28-24(27(30)35)6-5-13-32-28/h5-10,13-15,18,22H,11-12,16-17,19-20H2,1-4H3,(H2,30,35). The first-order chi connectivity index (χ1) is 17.2. The summed E-state index contributed by atoms with van der Waals surface area (Å²) >= 11 is 0. The number of hydrogen-bond donors (Lipinski definition) is 1. The Kier molecular flexibility index (Phi) is 7.89. The lowest BCUT2D eigenvalue weighted by Crippen LogP contribution is -2.32. The van der Waals surface area contributed by atoms with Crippen molar-refractivity contribution in [2.45, 2.75) is 45.6 Å². The number of anilines is 2. The Hall–Kier alpha value is -3.45. The zero-order valence-electron chi connectivity index (χ0n) is 21.8. The van der Waals surface area contributed by atoms with E-state index in [1.807, 2.05) is 17.0 Å². The Morgan fingerprint density at radius 1 is 1.11 bits per heavy atom. The van der Waals surface area contributed by atoms with E-state index in [1.54, 1.807) is 30.7 Å². The average Bonchev–Trinajstić information content (AvgIpc) is 2.87. The van der Waals surface area contributed by atoms with Crippen molar-refractivity contribution < 1.29 is 9.53 Å². The summed E-state index contributed by atoms with van der Waals surface area (Å²) in [4.78, 5) is 25.4. The zero-order valence-corrected chi connectivity index (χ0v) is 21.8. The van der Waals surface area contributed by atoms with Gasteiger partial charge in [0.2, 0.25) is 0 Å². The number of nitrogens with zero attached hydrogens (tertiary/aromatic N) is 4. The van der Waals surface area contributed by atoms with Crippen molar-refractivity contribution in [1.29, 1.82) is 0 Å². The number of nitrogens with two attached hydrogens (primary N) is 1. The number of benzene rings is 1. The molecule has 7 nitrogen and oxygen atoms in total. The number of likely N-dealkylation sites (tertiary alicyclic amines) is 1. The predicted octanol–water partition coefficient (Wildman–Crippen LogP) is 4.93. The fourth-order valence-corrected chi connectivity index (χ4v) is 4.62. The highest BCUT2D eigenvalue weighted by molar-refractivity contribution is 5.98. The number of carbonyl (C=O) groups is 1. The lowest BCUT2D eigenvalue weighted by atomic mass is 9.86. The van der Waals surface area contributed by atoms with Crippen molar-refractivity contribution >= 4 is 17.4 Å². The van der Waals surface area contributed by atoms with Gasteiger partial charge in [-0.2, -0.15) is 0 Å². The molecule has 1 aliphatic rings. The average molecular weight is 488 g/mol. The molecule has 0 aliphatic carbocycles. The summed E-state index contributed by atoms with van der Waals surface area (Å²) in [6.45, 7) is 10.0. The zero-order chi connectivity index (χ0) is 25.7. The normalized spacial score (nSPS) is 15.0. The largest absolute Gasteiger partial charge is 0.493 e. The van der Waals surface area contributed by atoms with Crippen LogP contribution in [0.2, 0.25) is 0 Å². The van der Waals surface area contributed by atoms with E-state index in [0.29, 0.717) is 30.5 Å². The smallest absolute Gasteiger partial charge is 0.252 e. The van der Waals surface area contributed by atoms with Crippen LogP contribution in [0.5, 0.6) is 5.75 Å². The second kappa shape index (κ2) is 11.1. The maximum absolute atomic E-state index is 12.3. The van der Waals surface area contributed by atoms with Crippen LogP contribution in [-0.2, 0) is 12.0 Å². The number of primary amides is 1. The van der Waals surface area contributed by atoms with E-state index >= 15 is 0 Å². The SMILES string of the molecule is CN1CCC(COc2cc(N(Cc3ccncc3)c3ncccc3C(N)=O)ccc2C(C)(C)C)CC1. The molecule has 0 unspecified atom stereocenters. The Morgan fingerprint density at radius 2 is 1.83 bits per heavy atom. The number of carbonyl (C=O) groups excluding carboxylic acids is 1. The van der Waals surface area contributed by atoms with E-state index in [9.17, 15) is 4.79 Å².